The van der Waals surface area contributed by atoms with Crippen molar-refractivity contribution in [2.24, 2.45) is 0 Å². The number of nitrogens with one attached hydrogen (secondary N) is 1. The molecule has 2 aromatic rings. The molecule has 0 unspecified atom stereocenters. The van der Waals surface area contributed by atoms with Crippen LogP contribution >= 0.6 is 11.3 Å². The van der Waals surface area contributed by atoms with Gasteiger partial charge in [-0.15, -0.1) is 10.2 Å². The van der Waals surface area contributed by atoms with E-state index in [1.54, 1.807) is 12.4 Å². The molecule has 0 aliphatic rings. The Balaban J connectivity index is 1.82. The molecule has 0 aliphatic heterocycles. The summed E-state index contributed by atoms with van der Waals surface area (Å²) < 4.78 is 4.86. The Hall–Kier alpha value is -2.09. The second kappa shape index (κ2) is 6.19. The zero-order valence-corrected chi connectivity index (χ0v) is 11.4. The van der Waals surface area contributed by atoms with E-state index in [0.29, 0.717) is 24.0 Å². The zero-order chi connectivity index (χ0) is 13.7. The SMILES string of the molecule is COc1ncc(CCC(=O)Nc2nnc(C)s2)cn1. The van der Waals surface area contributed by atoms with E-state index in [-0.39, 0.29) is 5.91 Å². The Labute approximate surface area is 114 Å². The molecule has 2 rings (SSSR count). The van der Waals surface area contributed by atoms with Gasteiger partial charge in [-0.3, -0.25) is 4.79 Å². The van der Waals surface area contributed by atoms with Gasteiger partial charge in [0.1, 0.15) is 5.01 Å². The Kier molecular flexibility index (Phi) is 4.35. The highest BCUT2D eigenvalue weighted by atomic mass is 32.1. The molecule has 1 N–H and O–H groups in total. The van der Waals surface area contributed by atoms with Crippen LogP contribution in [0.3, 0.4) is 0 Å². The van der Waals surface area contributed by atoms with E-state index in [0.717, 1.165) is 10.6 Å². The minimum absolute atomic E-state index is 0.105. The first-order valence-electron chi connectivity index (χ1n) is 5.62. The summed E-state index contributed by atoms with van der Waals surface area (Å²) in [7, 11) is 1.51. The summed E-state index contributed by atoms with van der Waals surface area (Å²) in [4.78, 5) is 19.6. The number of hydrogen-bond acceptors (Lipinski definition) is 7. The van der Waals surface area contributed by atoms with Gasteiger partial charge < -0.3 is 10.1 Å². The number of methoxy groups -OCH3 is 1. The van der Waals surface area contributed by atoms with Crippen LogP contribution in [-0.2, 0) is 11.2 Å². The molecule has 8 heteroatoms. The third-order valence-corrected chi connectivity index (χ3v) is 3.03. The number of carbonyl (C=O) groups is 1. The largest absolute Gasteiger partial charge is 0.467 e. The van der Waals surface area contributed by atoms with Crippen LogP contribution in [0.25, 0.3) is 0 Å². The van der Waals surface area contributed by atoms with Gasteiger partial charge in [0.25, 0.3) is 0 Å². The molecule has 0 fully saturated rings. The highest BCUT2D eigenvalue weighted by molar-refractivity contribution is 7.15. The molecule has 7 nitrogen and oxygen atoms in total. The predicted molar refractivity (Wildman–Crippen MR) is 70.2 cm³/mol. The normalized spacial score (nSPS) is 10.2. The lowest BCUT2D eigenvalue weighted by atomic mass is 10.2. The van der Waals surface area contributed by atoms with Gasteiger partial charge in [-0.25, -0.2) is 9.97 Å². The van der Waals surface area contributed by atoms with Crippen molar-refractivity contribution in [3.63, 3.8) is 0 Å². The molecule has 100 valence electrons. The molecule has 1 amide bonds. The van der Waals surface area contributed by atoms with Crippen molar-refractivity contribution in [2.75, 3.05) is 12.4 Å². The van der Waals surface area contributed by atoms with E-state index in [4.69, 9.17) is 4.74 Å². The van der Waals surface area contributed by atoms with Gasteiger partial charge in [0.2, 0.25) is 11.0 Å². The summed E-state index contributed by atoms with van der Waals surface area (Å²) in [5.41, 5.74) is 0.879. The third kappa shape index (κ3) is 3.95. The Morgan fingerprint density at radius 1 is 1.37 bits per heavy atom. The number of amides is 1. The van der Waals surface area contributed by atoms with E-state index < -0.39 is 0 Å². The minimum atomic E-state index is -0.105. The van der Waals surface area contributed by atoms with E-state index in [2.05, 4.69) is 25.5 Å². The van der Waals surface area contributed by atoms with Crippen molar-refractivity contribution in [1.29, 1.82) is 0 Å². The van der Waals surface area contributed by atoms with E-state index in [1.165, 1.54) is 18.4 Å². The van der Waals surface area contributed by atoms with Gasteiger partial charge in [0.05, 0.1) is 7.11 Å². The van der Waals surface area contributed by atoms with Crippen molar-refractivity contribution >= 4 is 22.4 Å². The Morgan fingerprint density at radius 3 is 2.68 bits per heavy atom. The predicted octanol–water partition coefficient (Wildman–Crippen LogP) is 1.22. The lowest BCUT2D eigenvalue weighted by molar-refractivity contribution is -0.116. The quantitative estimate of drug-likeness (QED) is 0.885. The van der Waals surface area contributed by atoms with Crippen molar-refractivity contribution in [1.82, 2.24) is 20.2 Å². The highest BCUT2D eigenvalue weighted by Gasteiger charge is 2.07. The molecule has 0 saturated carbocycles. The maximum atomic E-state index is 11.7. The number of aryl methyl sites for hydroxylation is 2. The van der Waals surface area contributed by atoms with Gasteiger partial charge in [-0.05, 0) is 18.9 Å². The fourth-order valence-electron chi connectivity index (χ4n) is 1.36. The number of anilines is 1. The van der Waals surface area contributed by atoms with Gasteiger partial charge in [0.15, 0.2) is 0 Å². The number of ether oxygens (including phenoxy) is 1. The maximum absolute atomic E-state index is 11.7. The first kappa shape index (κ1) is 13.3. The molecular formula is C11H13N5O2S. The molecule has 2 aromatic heterocycles. The van der Waals surface area contributed by atoms with Crippen LogP contribution in [0.5, 0.6) is 6.01 Å². The molecule has 0 spiro atoms. The molecule has 0 saturated heterocycles. The van der Waals surface area contributed by atoms with Crippen LogP contribution < -0.4 is 10.1 Å². The molecule has 2 heterocycles. The second-order valence-electron chi connectivity index (χ2n) is 3.75. The summed E-state index contributed by atoms with van der Waals surface area (Å²) in [6.45, 7) is 1.84. The van der Waals surface area contributed by atoms with E-state index in [9.17, 15) is 4.79 Å². The summed E-state index contributed by atoms with van der Waals surface area (Å²) >= 11 is 1.35. The van der Waals surface area contributed by atoms with Gasteiger partial charge in [-0.1, -0.05) is 11.3 Å². The lowest BCUT2D eigenvalue weighted by Crippen LogP contribution is -2.12. The van der Waals surface area contributed by atoms with Gasteiger partial charge >= 0.3 is 6.01 Å². The zero-order valence-electron chi connectivity index (χ0n) is 10.6. The smallest absolute Gasteiger partial charge is 0.316 e. The highest BCUT2D eigenvalue weighted by Crippen LogP contribution is 2.14. The van der Waals surface area contributed by atoms with Crippen molar-refractivity contribution in [3.8, 4) is 6.01 Å². The first-order valence-corrected chi connectivity index (χ1v) is 6.44. The third-order valence-electron chi connectivity index (χ3n) is 2.28. The average molecular weight is 279 g/mol. The van der Waals surface area contributed by atoms with Crippen molar-refractivity contribution in [3.05, 3.63) is 23.0 Å². The standard InChI is InChI=1S/C11H13N5O2S/c1-7-15-16-11(19-7)14-9(17)4-3-8-5-12-10(18-2)13-6-8/h5-6H,3-4H2,1-2H3,(H,14,16,17). The van der Waals surface area contributed by atoms with Crippen LogP contribution in [0, 0.1) is 6.92 Å². The minimum Gasteiger partial charge on any atom is -0.467 e. The van der Waals surface area contributed by atoms with E-state index in [1.807, 2.05) is 6.92 Å². The summed E-state index contributed by atoms with van der Waals surface area (Å²) in [6, 6.07) is 0.317. The topological polar surface area (TPSA) is 89.9 Å². The van der Waals surface area contributed by atoms with Crippen LogP contribution in [0.1, 0.15) is 17.0 Å². The number of aromatic nitrogens is 4. The first-order chi connectivity index (χ1) is 9.17. The van der Waals surface area contributed by atoms with Gasteiger partial charge in [-0.2, -0.15) is 0 Å². The molecule has 0 aromatic carbocycles. The molecule has 19 heavy (non-hydrogen) atoms. The van der Waals surface area contributed by atoms with Crippen LogP contribution in [0.15, 0.2) is 12.4 Å². The average Bonchev–Trinajstić information content (AvgIpc) is 2.82. The summed E-state index contributed by atoms with van der Waals surface area (Å²) in [6.07, 6.45) is 4.20. The van der Waals surface area contributed by atoms with Crippen molar-refractivity contribution in [2.45, 2.75) is 19.8 Å². The summed E-state index contributed by atoms with van der Waals surface area (Å²) in [5.74, 6) is -0.105. The summed E-state index contributed by atoms with van der Waals surface area (Å²) in [5, 5.41) is 11.7. The van der Waals surface area contributed by atoms with Gasteiger partial charge in [0, 0.05) is 18.8 Å². The molecule has 0 radical (unpaired) electrons. The van der Waals surface area contributed by atoms with Crippen LogP contribution in [0.4, 0.5) is 5.13 Å². The second-order valence-corrected chi connectivity index (χ2v) is 4.93. The lowest BCUT2D eigenvalue weighted by Gasteiger charge is -2.02. The monoisotopic (exact) mass is 279 g/mol. The fraction of sp³-hybridized carbons (Fsp3) is 0.364. The molecule has 0 atom stereocenters. The van der Waals surface area contributed by atoms with Crippen molar-refractivity contribution < 1.29 is 9.53 Å². The number of carbonyl (C=O) groups excluding carboxylic acids is 1. The number of rotatable bonds is 5. The van der Waals surface area contributed by atoms with Crippen LogP contribution in [0.2, 0.25) is 0 Å². The Morgan fingerprint density at radius 2 is 2.11 bits per heavy atom. The fourth-order valence-corrected chi connectivity index (χ4v) is 1.97. The molecular weight excluding hydrogens is 266 g/mol. The molecule has 0 bridgehead atoms. The molecule has 0 aliphatic carbocycles. The number of hydrogen-bond donors (Lipinski definition) is 1. The van der Waals surface area contributed by atoms with Crippen LogP contribution in [-0.4, -0.2) is 33.2 Å². The maximum Gasteiger partial charge on any atom is 0.316 e. The number of nitrogens with zero attached hydrogens (tertiary/aromatic N) is 4. The Bertz CT molecular complexity index is 554. The van der Waals surface area contributed by atoms with E-state index >= 15 is 0 Å².